The number of ether oxygens (including phenoxy) is 3. The highest BCUT2D eigenvalue weighted by Gasteiger charge is 2.19. The van der Waals surface area contributed by atoms with E-state index in [0.717, 1.165) is 57.8 Å². The van der Waals surface area contributed by atoms with Gasteiger partial charge in [-0.2, -0.15) is 0 Å². The van der Waals surface area contributed by atoms with E-state index >= 15 is 0 Å². The molecule has 0 aromatic rings. The van der Waals surface area contributed by atoms with Gasteiger partial charge >= 0.3 is 17.9 Å². The van der Waals surface area contributed by atoms with Gasteiger partial charge in [0.1, 0.15) is 13.2 Å². The SMILES string of the molecule is CCCCCCCCCC/C=C\CCCCCCCCCCCCCCCCCCCCCC(=O)OCC(COC(=O)CCCCCCCCC)OC(=O)CCCCCCCCCCCCCCCC. The fraction of sp³-hybridized carbons (Fsp3) is 0.922. The number of rotatable bonds is 59. The Hall–Kier alpha value is -1.85. The lowest BCUT2D eigenvalue weighted by molar-refractivity contribution is -0.167. The molecular weight excluding hydrogens is 865 g/mol. The number of carbonyl (C=O) groups is 3. The minimum Gasteiger partial charge on any atom is -0.462 e. The summed E-state index contributed by atoms with van der Waals surface area (Å²) in [5, 5.41) is 0. The molecule has 70 heavy (non-hydrogen) atoms. The number of hydrogen-bond donors (Lipinski definition) is 0. The predicted molar refractivity (Wildman–Crippen MR) is 303 cm³/mol. The van der Waals surface area contributed by atoms with Crippen molar-refractivity contribution >= 4 is 17.9 Å². The third kappa shape index (κ3) is 57.1. The van der Waals surface area contributed by atoms with Crippen LogP contribution in [0.4, 0.5) is 0 Å². The first-order valence-corrected chi connectivity index (χ1v) is 31.7. The average Bonchev–Trinajstić information content (AvgIpc) is 3.36. The van der Waals surface area contributed by atoms with E-state index in [2.05, 4.69) is 32.9 Å². The zero-order valence-electron chi connectivity index (χ0n) is 47.6. The van der Waals surface area contributed by atoms with Crippen LogP contribution in [0.3, 0.4) is 0 Å². The molecule has 1 atom stereocenters. The molecule has 1 unspecified atom stereocenters. The van der Waals surface area contributed by atoms with Gasteiger partial charge in [0.05, 0.1) is 0 Å². The Morgan fingerprint density at radius 3 is 0.714 bits per heavy atom. The van der Waals surface area contributed by atoms with Crippen molar-refractivity contribution in [2.75, 3.05) is 13.2 Å². The number of esters is 3. The fourth-order valence-corrected chi connectivity index (χ4v) is 9.74. The van der Waals surface area contributed by atoms with E-state index in [0.29, 0.717) is 19.3 Å². The standard InChI is InChI=1S/C64H122O6/c1-4-7-10-13-16-18-20-22-24-25-26-27-28-29-30-31-32-33-34-35-36-37-38-39-40-42-43-45-48-51-54-57-63(66)69-60-61(59-68-62(65)56-53-50-47-15-12-9-6-3)70-64(67)58-55-52-49-46-44-41-23-21-19-17-14-11-8-5-2/h25-26,61H,4-24,27-60H2,1-3H3/b26-25-. The summed E-state index contributed by atoms with van der Waals surface area (Å²) in [6.45, 7) is 6.65. The molecule has 0 amide bonds. The molecule has 0 saturated carbocycles. The van der Waals surface area contributed by atoms with E-state index in [1.54, 1.807) is 0 Å². The summed E-state index contributed by atoms with van der Waals surface area (Å²) in [5.41, 5.74) is 0. The third-order valence-corrected chi connectivity index (χ3v) is 14.5. The summed E-state index contributed by atoms with van der Waals surface area (Å²) in [6.07, 6.45) is 69.8. The molecule has 0 N–H and O–H groups in total. The summed E-state index contributed by atoms with van der Waals surface area (Å²) in [7, 11) is 0. The van der Waals surface area contributed by atoms with Crippen LogP contribution in [0, 0.1) is 0 Å². The smallest absolute Gasteiger partial charge is 0.306 e. The molecule has 6 heteroatoms. The molecule has 0 aliphatic carbocycles. The molecular formula is C64H122O6. The molecule has 0 spiro atoms. The maximum Gasteiger partial charge on any atom is 0.306 e. The van der Waals surface area contributed by atoms with E-state index in [1.165, 1.54) is 263 Å². The molecule has 0 fully saturated rings. The van der Waals surface area contributed by atoms with Crippen molar-refractivity contribution in [3.63, 3.8) is 0 Å². The van der Waals surface area contributed by atoms with Crippen molar-refractivity contribution in [1.82, 2.24) is 0 Å². The van der Waals surface area contributed by atoms with Crippen molar-refractivity contribution in [3.05, 3.63) is 12.2 Å². The first kappa shape index (κ1) is 68.2. The van der Waals surface area contributed by atoms with Crippen molar-refractivity contribution in [3.8, 4) is 0 Å². The maximum atomic E-state index is 12.8. The second-order valence-electron chi connectivity index (χ2n) is 21.7. The lowest BCUT2D eigenvalue weighted by Crippen LogP contribution is -2.30. The number of allylic oxidation sites excluding steroid dienone is 2. The van der Waals surface area contributed by atoms with Gasteiger partial charge in [0.15, 0.2) is 6.10 Å². The maximum absolute atomic E-state index is 12.8. The van der Waals surface area contributed by atoms with Crippen LogP contribution in [-0.2, 0) is 28.6 Å². The second kappa shape index (κ2) is 59.7. The van der Waals surface area contributed by atoms with Crippen molar-refractivity contribution in [2.24, 2.45) is 0 Å². The van der Waals surface area contributed by atoms with Crippen LogP contribution in [0.25, 0.3) is 0 Å². The average molecular weight is 988 g/mol. The molecule has 0 aromatic carbocycles. The van der Waals surface area contributed by atoms with Crippen LogP contribution in [-0.4, -0.2) is 37.2 Å². The Morgan fingerprint density at radius 1 is 0.271 bits per heavy atom. The molecule has 0 bridgehead atoms. The van der Waals surface area contributed by atoms with Crippen LogP contribution in [0.5, 0.6) is 0 Å². The van der Waals surface area contributed by atoms with E-state index in [1.807, 2.05) is 0 Å². The van der Waals surface area contributed by atoms with E-state index < -0.39 is 6.10 Å². The van der Waals surface area contributed by atoms with E-state index in [4.69, 9.17) is 14.2 Å². The molecule has 0 saturated heterocycles. The minimum atomic E-state index is -0.761. The Balaban J connectivity index is 3.94. The van der Waals surface area contributed by atoms with Crippen LogP contribution >= 0.6 is 0 Å². The van der Waals surface area contributed by atoms with Crippen LogP contribution in [0.15, 0.2) is 12.2 Å². The number of hydrogen-bond acceptors (Lipinski definition) is 6. The van der Waals surface area contributed by atoms with Crippen LogP contribution in [0.2, 0.25) is 0 Å². The highest BCUT2D eigenvalue weighted by Crippen LogP contribution is 2.18. The molecule has 0 heterocycles. The lowest BCUT2D eigenvalue weighted by Gasteiger charge is -2.18. The number of carbonyl (C=O) groups excluding carboxylic acids is 3. The molecule has 6 nitrogen and oxygen atoms in total. The highest BCUT2D eigenvalue weighted by molar-refractivity contribution is 5.71. The van der Waals surface area contributed by atoms with Crippen LogP contribution < -0.4 is 0 Å². The van der Waals surface area contributed by atoms with Gasteiger partial charge in [-0.25, -0.2) is 0 Å². The van der Waals surface area contributed by atoms with Crippen LogP contribution in [0.1, 0.15) is 361 Å². The fourth-order valence-electron chi connectivity index (χ4n) is 9.74. The number of unbranched alkanes of at least 4 members (excludes halogenated alkanes) is 46. The third-order valence-electron chi connectivity index (χ3n) is 14.5. The molecule has 0 aromatic heterocycles. The van der Waals surface area contributed by atoms with Gasteiger partial charge in [0, 0.05) is 19.3 Å². The Kier molecular flexibility index (Phi) is 58.1. The zero-order chi connectivity index (χ0) is 50.7. The molecule has 0 aliphatic heterocycles. The molecule has 0 rings (SSSR count). The van der Waals surface area contributed by atoms with E-state index in [-0.39, 0.29) is 31.1 Å². The van der Waals surface area contributed by atoms with Gasteiger partial charge in [0.25, 0.3) is 0 Å². The predicted octanol–water partition coefficient (Wildman–Crippen LogP) is 21.3. The monoisotopic (exact) mass is 987 g/mol. The Morgan fingerprint density at radius 2 is 0.471 bits per heavy atom. The van der Waals surface area contributed by atoms with Crippen molar-refractivity contribution < 1.29 is 28.6 Å². The molecule has 0 radical (unpaired) electrons. The molecule has 414 valence electrons. The topological polar surface area (TPSA) is 78.9 Å². The quantitative estimate of drug-likeness (QED) is 0.0261. The lowest BCUT2D eigenvalue weighted by atomic mass is 10.0. The van der Waals surface area contributed by atoms with Gasteiger partial charge in [-0.1, -0.05) is 309 Å². The van der Waals surface area contributed by atoms with E-state index in [9.17, 15) is 14.4 Å². The summed E-state index contributed by atoms with van der Waals surface area (Å²) >= 11 is 0. The highest BCUT2D eigenvalue weighted by atomic mass is 16.6. The van der Waals surface area contributed by atoms with Gasteiger partial charge in [-0.3, -0.25) is 14.4 Å². The summed E-state index contributed by atoms with van der Waals surface area (Å²) in [5.74, 6) is -0.846. The first-order chi connectivity index (χ1) is 34.5. The summed E-state index contributed by atoms with van der Waals surface area (Å²) < 4.78 is 16.8. The van der Waals surface area contributed by atoms with Gasteiger partial charge in [0.2, 0.25) is 0 Å². The van der Waals surface area contributed by atoms with Gasteiger partial charge in [-0.05, 0) is 44.9 Å². The van der Waals surface area contributed by atoms with Gasteiger partial charge < -0.3 is 14.2 Å². The zero-order valence-corrected chi connectivity index (χ0v) is 47.6. The Bertz CT molecular complexity index is 1090. The van der Waals surface area contributed by atoms with Gasteiger partial charge in [-0.15, -0.1) is 0 Å². The largest absolute Gasteiger partial charge is 0.462 e. The van der Waals surface area contributed by atoms with Crippen molar-refractivity contribution in [1.29, 1.82) is 0 Å². The molecule has 0 aliphatic rings. The minimum absolute atomic E-state index is 0.0634. The summed E-state index contributed by atoms with van der Waals surface area (Å²) in [4.78, 5) is 37.9. The van der Waals surface area contributed by atoms with Crippen molar-refractivity contribution in [2.45, 2.75) is 367 Å². The summed E-state index contributed by atoms with van der Waals surface area (Å²) in [6, 6.07) is 0. The Labute approximate surface area is 437 Å². The normalized spacial score (nSPS) is 12.0. The second-order valence-corrected chi connectivity index (χ2v) is 21.7. The first-order valence-electron chi connectivity index (χ1n) is 31.7.